The molecule has 0 radical (unpaired) electrons. The first-order valence-electron chi connectivity index (χ1n) is 7.56. The Morgan fingerprint density at radius 2 is 1.68 bits per heavy atom. The van der Waals surface area contributed by atoms with E-state index in [0.29, 0.717) is 13.1 Å². The molecule has 2 aromatic carbocycles. The standard InChI is InChI=1S/C18H22BrN3O2.HI/c1-20-18(22-12-14-6-4-5-7-16(14)23-2)21-11-13-8-9-17(24-3)15(19)10-13;/h4-10H,11-12H2,1-3H3,(H2,20,21,22);1H. The Morgan fingerprint density at radius 1 is 1.00 bits per heavy atom. The number of para-hydroxylation sites is 1. The van der Waals surface area contributed by atoms with E-state index in [4.69, 9.17) is 9.47 Å². The lowest BCUT2D eigenvalue weighted by Crippen LogP contribution is -2.36. The lowest BCUT2D eigenvalue weighted by Gasteiger charge is -2.14. The number of hydrogen-bond donors (Lipinski definition) is 2. The number of ether oxygens (including phenoxy) is 2. The van der Waals surface area contributed by atoms with Crippen molar-refractivity contribution in [2.75, 3.05) is 21.3 Å². The van der Waals surface area contributed by atoms with Gasteiger partial charge in [0, 0.05) is 25.7 Å². The number of nitrogens with one attached hydrogen (secondary N) is 2. The van der Waals surface area contributed by atoms with E-state index in [-0.39, 0.29) is 24.0 Å². The molecule has 7 heteroatoms. The fourth-order valence-corrected chi connectivity index (χ4v) is 2.84. The van der Waals surface area contributed by atoms with Crippen molar-refractivity contribution >= 4 is 45.9 Å². The van der Waals surface area contributed by atoms with Gasteiger partial charge in [0.15, 0.2) is 5.96 Å². The lowest BCUT2D eigenvalue weighted by atomic mass is 10.2. The molecular weight excluding hydrogens is 497 g/mol. The van der Waals surface area contributed by atoms with Crippen molar-refractivity contribution in [2.45, 2.75) is 13.1 Å². The second-order valence-electron chi connectivity index (χ2n) is 5.06. The molecule has 0 aliphatic heterocycles. The number of hydrogen-bond acceptors (Lipinski definition) is 3. The van der Waals surface area contributed by atoms with E-state index in [1.807, 2.05) is 42.5 Å². The van der Waals surface area contributed by atoms with Crippen LogP contribution in [0.3, 0.4) is 0 Å². The molecule has 0 aromatic heterocycles. The molecule has 0 bridgehead atoms. The third-order valence-electron chi connectivity index (χ3n) is 3.54. The van der Waals surface area contributed by atoms with Crippen molar-refractivity contribution in [1.29, 1.82) is 0 Å². The minimum atomic E-state index is 0. The summed E-state index contributed by atoms with van der Waals surface area (Å²) < 4.78 is 11.5. The lowest BCUT2D eigenvalue weighted by molar-refractivity contribution is 0.409. The van der Waals surface area contributed by atoms with Gasteiger partial charge in [-0.05, 0) is 39.7 Å². The van der Waals surface area contributed by atoms with Gasteiger partial charge < -0.3 is 20.1 Å². The first-order chi connectivity index (χ1) is 11.7. The molecule has 25 heavy (non-hydrogen) atoms. The van der Waals surface area contributed by atoms with E-state index in [9.17, 15) is 0 Å². The van der Waals surface area contributed by atoms with Crippen LogP contribution in [0.25, 0.3) is 0 Å². The first-order valence-corrected chi connectivity index (χ1v) is 8.36. The van der Waals surface area contributed by atoms with Crippen LogP contribution in [-0.4, -0.2) is 27.2 Å². The maximum absolute atomic E-state index is 5.36. The predicted octanol–water partition coefficient (Wildman–Crippen LogP) is 3.95. The highest BCUT2D eigenvalue weighted by atomic mass is 127. The number of aliphatic imine (C=N–C) groups is 1. The summed E-state index contributed by atoms with van der Waals surface area (Å²) in [5.41, 5.74) is 2.21. The Kier molecular flexibility index (Phi) is 9.66. The predicted molar refractivity (Wildman–Crippen MR) is 116 cm³/mol. The van der Waals surface area contributed by atoms with Gasteiger partial charge in [0.05, 0.1) is 18.7 Å². The summed E-state index contributed by atoms with van der Waals surface area (Å²) in [7, 11) is 5.08. The van der Waals surface area contributed by atoms with Crippen LogP contribution in [0.15, 0.2) is 51.9 Å². The summed E-state index contributed by atoms with van der Waals surface area (Å²) in [6.07, 6.45) is 0. The summed E-state index contributed by atoms with van der Waals surface area (Å²) in [6, 6.07) is 13.9. The smallest absolute Gasteiger partial charge is 0.191 e. The van der Waals surface area contributed by atoms with E-state index in [1.54, 1.807) is 21.3 Å². The topological polar surface area (TPSA) is 54.9 Å². The minimum Gasteiger partial charge on any atom is -0.496 e. The number of guanidine groups is 1. The van der Waals surface area contributed by atoms with E-state index in [1.165, 1.54) is 0 Å². The fourth-order valence-electron chi connectivity index (χ4n) is 2.25. The SMILES string of the molecule is CN=C(NCc1ccc(OC)c(Br)c1)NCc1ccccc1OC.I. The van der Waals surface area contributed by atoms with Crippen molar-refractivity contribution in [1.82, 2.24) is 10.6 Å². The van der Waals surface area contributed by atoms with E-state index in [0.717, 1.165) is 33.1 Å². The third kappa shape index (κ3) is 6.39. The number of rotatable bonds is 6. The molecule has 0 atom stereocenters. The van der Waals surface area contributed by atoms with Crippen LogP contribution in [0.4, 0.5) is 0 Å². The molecule has 0 fully saturated rings. The number of methoxy groups -OCH3 is 2. The Bertz CT molecular complexity index is 710. The summed E-state index contributed by atoms with van der Waals surface area (Å²) in [4.78, 5) is 4.25. The molecule has 0 unspecified atom stereocenters. The van der Waals surface area contributed by atoms with Gasteiger partial charge in [-0.2, -0.15) is 0 Å². The van der Waals surface area contributed by atoms with Gasteiger partial charge in [0.1, 0.15) is 11.5 Å². The zero-order chi connectivity index (χ0) is 17.4. The molecule has 2 rings (SSSR count). The maximum Gasteiger partial charge on any atom is 0.191 e. The average Bonchev–Trinajstić information content (AvgIpc) is 2.62. The molecule has 0 heterocycles. The number of halogens is 2. The van der Waals surface area contributed by atoms with Gasteiger partial charge in [-0.25, -0.2) is 0 Å². The summed E-state index contributed by atoms with van der Waals surface area (Å²) >= 11 is 3.50. The Labute approximate surface area is 174 Å². The molecule has 5 nitrogen and oxygen atoms in total. The van der Waals surface area contributed by atoms with Crippen molar-refractivity contribution in [3.8, 4) is 11.5 Å². The molecule has 136 valence electrons. The van der Waals surface area contributed by atoms with E-state index >= 15 is 0 Å². The second-order valence-corrected chi connectivity index (χ2v) is 5.91. The highest BCUT2D eigenvalue weighted by Gasteiger charge is 2.05. The summed E-state index contributed by atoms with van der Waals surface area (Å²) in [5, 5.41) is 6.58. The zero-order valence-corrected chi connectivity index (χ0v) is 18.4. The van der Waals surface area contributed by atoms with E-state index < -0.39 is 0 Å². The van der Waals surface area contributed by atoms with Crippen LogP contribution < -0.4 is 20.1 Å². The van der Waals surface area contributed by atoms with Gasteiger partial charge in [-0.15, -0.1) is 24.0 Å². The molecule has 2 aromatic rings. The number of benzene rings is 2. The molecule has 0 aliphatic rings. The Hall–Kier alpha value is -1.48. The average molecular weight is 520 g/mol. The van der Waals surface area contributed by atoms with E-state index in [2.05, 4.69) is 31.6 Å². The van der Waals surface area contributed by atoms with Gasteiger partial charge in [-0.1, -0.05) is 24.3 Å². The van der Waals surface area contributed by atoms with Crippen LogP contribution >= 0.6 is 39.9 Å². The summed E-state index contributed by atoms with van der Waals surface area (Å²) in [5.74, 6) is 2.41. The van der Waals surface area contributed by atoms with Gasteiger partial charge in [0.25, 0.3) is 0 Å². The van der Waals surface area contributed by atoms with Gasteiger partial charge in [-0.3, -0.25) is 4.99 Å². The van der Waals surface area contributed by atoms with Crippen LogP contribution in [0.2, 0.25) is 0 Å². The largest absolute Gasteiger partial charge is 0.496 e. The second kappa shape index (κ2) is 11.2. The van der Waals surface area contributed by atoms with Crippen LogP contribution in [0, 0.1) is 0 Å². The molecule has 2 N–H and O–H groups in total. The van der Waals surface area contributed by atoms with Crippen LogP contribution in [-0.2, 0) is 13.1 Å². The molecule has 0 saturated carbocycles. The van der Waals surface area contributed by atoms with Crippen LogP contribution in [0.1, 0.15) is 11.1 Å². The van der Waals surface area contributed by atoms with Gasteiger partial charge >= 0.3 is 0 Å². The van der Waals surface area contributed by atoms with Crippen molar-refractivity contribution in [2.24, 2.45) is 4.99 Å². The van der Waals surface area contributed by atoms with Crippen molar-refractivity contribution in [3.05, 3.63) is 58.1 Å². The zero-order valence-electron chi connectivity index (χ0n) is 14.5. The molecular formula is C18H23BrIN3O2. The monoisotopic (exact) mass is 519 g/mol. The quantitative estimate of drug-likeness (QED) is 0.345. The highest BCUT2D eigenvalue weighted by Crippen LogP contribution is 2.25. The highest BCUT2D eigenvalue weighted by molar-refractivity contribution is 14.0. The molecule has 0 amide bonds. The Balaban J connectivity index is 0.00000312. The molecule has 0 saturated heterocycles. The maximum atomic E-state index is 5.36. The van der Waals surface area contributed by atoms with Crippen molar-refractivity contribution in [3.63, 3.8) is 0 Å². The third-order valence-corrected chi connectivity index (χ3v) is 4.16. The molecule has 0 aliphatic carbocycles. The number of nitrogens with zero attached hydrogens (tertiary/aromatic N) is 1. The van der Waals surface area contributed by atoms with Crippen molar-refractivity contribution < 1.29 is 9.47 Å². The van der Waals surface area contributed by atoms with Crippen LogP contribution in [0.5, 0.6) is 11.5 Å². The molecule has 0 spiro atoms. The normalized spacial score (nSPS) is 10.6. The van der Waals surface area contributed by atoms with Gasteiger partial charge in [0.2, 0.25) is 0 Å². The first kappa shape index (κ1) is 21.6. The summed E-state index contributed by atoms with van der Waals surface area (Å²) in [6.45, 7) is 1.30. The minimum absolute atomic E-state index is 0. The fraction of sp³-hybridized carbons (Fsp3) is 0.278. The Morgan fingerprint density at radius 3 is 2.32 bits per heavy atom.